The SMILES string of the molecule is CC(C)(C)OC(=O)Cn1cc(C(=O)NCc2ccc(Cl)cc2)c(=O)c2cc(CCCO)ccc21. The summed E-state index contributed by atoms with van der Waals surface area (Å²) in [6, 6.07) is 12.3. The highest BCUT2D eigenvalue weighted by molar-refractivity contribution is 6.30. The smallest absolute Gasteiger partial charge is 0.326 e. The van der Waals surface area contributed by atoms with Crippen LogP contribution in [0.15, 0.2) is 53.5 Å². The molecule has 0 spiro atoms. The fraction of sp³-hybridized carbons (Fsp3) is 0.346. The van der Waals surface area contributed by atoms with Gasteiger partial charge in [-0.1, -0.05) is 29.8 Å². The third-order valence-electron chi connectivity index (χ3n) is 5.10. The van der Waals surface area contributed by atoms with Gasteiger partial charge < -0.3 is 19.7 Å². The number of halogens is 1. The fourth-order valence-corrected chi connectivity index (χ4v) is 3.69. The molecule has 2 N–H and O–H groups in total. The molecule has 7 nitrogen and oxygen atoms in total. The lowest BCUT2D eigenvalue weighted by Crippen LogP contribution is -2.31. The number of amides is 1. The van der Waals surface area contributed by atoms with E-state index in [9.17, 15) is 14.4 Å². The number of aliphatic hydroxyl groups excluding tert-OH is 1. The molecule has 0 aliphatic carbocycles. The number of carbonyl (C=O) groups is 2. The maximum atomic E-state index is 13.3. The first-order valence-corrected chi connectivity index (χ1v) is 11.5. The summed E-state index contributed by atoms with van der Waals surface area (Å²) in [4.78, 5) is 38.8. The number of fused-ring (bicyclic) bond motifs is 1. The van der Waals surface area contributed by atoms with Crippen molar-refractivity contribution in [3.05, 3.63) is 80.6 Å². The van der Waals surface area contributed by atoms with Gasteiger partial charge in [0.2, 0.25) is 5.43 Å². The molecule has 0 atom stereocenters. The van der Waals surface area contributed by atoms with Crippen LogP contribution < -0.4 is 10.7 Å². The molecule has 3 aromatic rings. The van der Waals surface area contributed by atoms with Crippen molar-refractivity contribution in [2.75, 3.05) is 6.61 Å². The van der Waals surface area contributed by atoms with Gasteiger partial charge in [-0.2, -0.15) is 0 Å². The normalized spacial score (nSPS) is 11.4. The highest BCUT2D eigenvalue weighted by Crippen LogP contribution is 2.17. The number of nitrogens with one attached hydrogen (secondary N) is 1. The number of aryl methyl sites for hydroxylation is 1. The molecule has 0 saturated heterocycles. The van der Waals surface area contributed by atoms with E-state index in [0.717, 1.165) is 11.1 Å². The average molecular weight is 485 g/mol. The molecule has 34 heavy (non-hydrogen) atoms. The summed E-state index contributed by atoms with van der Waals surface area (Å²) in [5.74, 6) is -1.02. The minimum Gasteiger partial charge on any atom is -0.459 e. The Morgan fingerprint density at radius 3 is 2.41 bits per heavy atom. The van der Waals surface area contributed by atoms with Crippen LogP contribution in [0.25, 0.3) is 10.9 Å². The van der Waals surface area contributed by atoms with Crippen LogP contribution in [0.1, 0.15) is 48.7 Å². The Labute approximate surface area is 203 Å². The monoisotopic (exact) mass is 484 g/mol. The number of aromatic nitrogens is 1. The molecule has 0 radical (unpaired) electrons. The molecule has 3 rings (SSSR count). The molecule has 0 unspecified atom stereocenters. The van der Waals surface area contributed by atoms with Crippen LogP contribution in [-0.4, -0.2) is 33.8 Å². The molecule has 0 saturated carbocycles. The van der Waals surface area contributed by atoms with Crippen LogP contribution in [-0.2, 0) is 29.0 Å². The fourth-order valence-electron chi connectivity index (χ4n) is 3.57. The minimum atomic E-state index is -0.665. The first kappa shape index (κ1) is 25.5. The predicted octanol–water partition coefficient (Wildman–Crippen LogP) is 3.85. The Kier molecular flexibility index (Phi) is 8.12. The van der Waals surface area contributed by atoms with Gasteiger partial charge in [-0.05, 0) is 69.0 Å². The number of hydrogen-bond donors (Lipinski definition) is 2. The quantitative estimate of drug-likeness (QED) is 0.473. The van der Waals surface area contributed by atoms with Crippen LogP contribution in [0.5, 0.6) is 0 Å². The molecule has 2 aromatic carbocycles. The number of esters is 1. The molecule has 1 amide bonds. The van der Waals surface area contributed by atoms with Crippen molar-refractivity contribution < 1.29 is 19.4 Å². The second-order valence-electron chi connectivity index (χ2n) is 9.07. The molecular weight excluding hydrogens is 456 g/mol. The van der Waals surface area contributed by atoms with E-state index in [2.05, 4.69) is 5.32 Å². The molecule has 0 aliphatic rings. The van der Waals surface area contributed by atoms with Crippen molar-refractivity contribution in [3.63, 3.8) is 0 Å². The summed E-state index contributed by atoms with van der Waals surface area (Å²) in [7, 11) is 0. The van der Waals surface area contributed by atoms with Gasteiger partial charge in [0, 0.05) is 29.8 Å². The molecule has 0 aliphatic heterocycles. The van der Waals surface area contributed by atoms with Crippen LogP contribution in [0, 0.1) is 0 Å². The Balaban J connectivity index is 1.98. The molecule has 8 heteroatoms. The first-order valence-electron chi connectivity index (χ1n) is 11.1. The van der Waals surface area contributed by atoms with Gasteiger partial charge in [-0.25, -0.2) is 0 Å². The van der Waals surface area contributed by atoms with Gasteiger partial charge in [0.05, 0.1) is 5.52 Å². The lowest BCUT2D eigenvalue weighted by molar-refractivity contribution is -0.155. The zero-order valence-corrected chi connectivity index (χ0v) is 20.3. The van der Waals surface area contributed by atoms with Crippen molar-refractivity contribution in [1.29, 1.82) is 0 Å². The molecule has 0 bridgehead atoms. The third kappa shape index (κ3) is 6.68. The van der Waals surface area contributed by atoms with Gasteiger partial charge in [0.1, 0.15) is 17.7 Å². The second-order valence-corrected chi connectivity index (χ2v) is 9.51. The van der Waals surface area contributed by atoms with E-state index in [1.165, 1.54) is 6.20 Å². The summed E-state index contributed by atoms with van der Waals surface area (Å²) >= 11 is 5.91. The Hall–Kier alpha value is -3.16. The van der Waals surface area contributed by atoms with Crippen LogP contribution in [0.3, 0.4) is 0 Å². The van der Waals surface area contributed by atoms with Crippen molar-refractivity contribution >= 4 is 34.4 Å². The Bertz CT molecular complexity index is 1240. The lowest BCUT2D eigenvalue weighted by atomic mass is 10.0. The summed E-state index contributed by atoms with van der Waals surface area (Å²) in [6.07, 6.45) is 2.54. The number of ether oxygens (including phenoxy) is 1. The van der Waals surface area contributed by atoms with Crippen molar-refractivity contribution in [2.45, 2.75) is 52.3 Å². The van der Waals surface area contributed by atoms with Crippen molar-refractivity contribution in [1.82, 2.24) is 9.88 Å². The van der Waals surface area contributed by atoms with E-state index in [0.29, 0.717) is 28.8 Å². The highest BCUT2D eigenvalue weighted by atomic mass is 35.5. The third-order valence-corrected chi connectivity index (χ3v) is 5.35. The van der Waals surface area contributed by atoms with Crippen LogP contribution >= 0.6 is 11.6 Å². The van der Waals surface area contributed by atoms with E-state index in [-0.39, 0.29) is 25.3 Å². The van der Waals surface area contributed by atoms with Gasteiger partial charge in [0.15, 0.2) is 0 Å². The number of benzene rings is 2. The van der Waals surface area contributed by atoms with Gasteiger partial charge >= 0.3 is 5.97 Å². The van der Waals surface area contributed by atoms with Gasteiger partial charge in [0.25, 0.3) is 5.91 Å². The maximum Gasteiger partial charge on any atom is 0.326 e. The molecule has 180 valence electrons. The first-order chi connectivity index (χ1) is 16.1. The zero-order valence-electron chi connectivity index (χ0n) is 19.6. The zero-order chi connectivity index (χ0) is 24.9. The lowest BCUT2D eigenvalue weighted by Gasteiger charge is -2.21. The predicted molar refractivity (Wildman–Crippen MR) is 132 cm³/mol. The topological polar surface area (TPSA) is 97.6 Å². The van der Waals surface area contributed by atoms with Gasteiger partial charge in [-0.15, -0.1) is 0 Å². The van der Waals surface area contributed by atoms with E-state index in [4.69, 9.17) is 21.4 Å². The number of nitrogens with zero attached hydrogens (tertiary/aromatic N) is 1. The van der Waals surface area contributed by atoms with Crippen molar-refractivity contribution in [3.8, 4) is 0 Å². The van der Waals surface area contributed by atoms with Gasteiger partial charge in [-0.3, -0.25) is 14.4 Å². The number of carbonyl (C=O) groups excluding carboxylic acids is 2. The average Bonchev–Trinajstić information content (AvgIpc) is 2.77. The Morgan fingerprint density at radius 1 is 1.09 bits per heavy atom. The summed E-state index contributed by atoms with van der Waals surface area (Å²) < 4.78 is 7.00. The number of aliphatic hydroxyl groups is 1. The summed E-state index contributed by atoms with van der Waals surface area (Å²) in [6.45, 7) is 5.43. The summed E-state index contributed by atoms with van der Waals surface area (Å²) in [5, 5.41) is 12.8. The maximum absolute atomic E-state index is 13.3. The Morgan fingerprint density at radius 2 is 1.76 bits per heavy atom. The van der Waals surface area contributed by atoms with Crippen LogP contribution in [0.2, 0.25) is 5.02 Å². The van der Waals surface area contributed by atoms with E-state index in [1.807, 2.05) is 6.07 Å². The largest absolute Gasteiger partial charge is 0.459 e. The highest BCUT2D eigenvalue weighted by Gasteiger charge is 2.20. The van der Waals surface area contributed by atoms with E-state index in [1.54, 1.807) is 61.7 Å². The number of hydrogen-bond acceptors (Lipinski definition) is 5. The standard InChI is InChI=1S/C26H29ClN2O5/c1-26(2,3)34-23(31)16-29-15-21(25(33)28-14-18-6-9-19(27)10-7-18)24(32)20-13-17(5-4-12-30)8-11-22(20)29/h6-11,13,15,30H,4-5,12,14,16H2,1-3H3,(H,28,33). The number of rotatable bonds is 8. The van der Waals surface area contributed by atoms with E-state index >= 15 is 0 Å². The molecule has 1 aromatic heterocycles. The summed E-state index contributed by atoms with van der Waals surface area (Å²) in [5.41, 5.74) is 1.07. The molecular formula is C26H29ClN2O5. The molecule has 0 fully saturated rings. The molecule has 1 heterocycles. The second kappa shape index (κ2) is 10.8. The minimum absolute atomic E-state index is 0.0358. The van der Waals surface area contributed by atoms with Crippen molar-refractivity contribution in [2.24, 2.45) is 0 Å². The van der Waals surface area contributed by atoms with E-state index < -0.39 is 22.9 Å². The van der Waals surface area contributed by atoms with Crippen LogP contribution in [0.4, 0.5) is 0 Å². The number of pyridine rings is 1.